The molecule has 0 N–H and O–H groups in total. The van der Waals surface area contributed by atoms with Crippen LogP contribution in [-0.2, 0) is 19.9 Å². The van der Waals surface area contributed by atoms with Crippen LogP contribution in [-0.4, -0.2) is 25.2 Å². The van der Waals surface area contributed by atoms with Gasteiger partial charge in [-0.1, -0.05) is 20.8 Å². The van der Waals surface area contributed by atoms with Crippen molar-refractivity contribution in [3.05, 3.63) is 11.5 Å². The molecule has 4 nitrogen and oxygen atoms in total. The molecule has 0 aromatic carbocycles. The third-order valence-corrected chi connectivity index (χ3v) is 4.25. The second kappa shape index (κ2) is 6.82. The van der Waals surface area contributed by atoms with Gasteiger partial charge >= 0.3 is 0 Å². The molecule has 0 aliphatic carbocycles. The zero-order valence-electron chi connectivity index (χ0n) is 13.9. The molecule has 1 atom stereocenters. The van der Waals surface area contributed by atoms with Crippen LogP contribution in [0.1, 0.15) is 58.1 Å². The number of nitrogens with zero attached hydrogens (tertiary/aromatic N) is 4. The van der Waals surface area contributed by atoms with E-state index in [1.165, 1.54) is 6.42 Å². The average Bonchev–Trinajstić information content (AvgIpc) is 2.94. The fourth-order valence-electron chi connectivity index (χ4n) is 2.91. The Kier molecular flexibility index (Phi) is 5.31. The van der Waals surface area contributed by atoms with Crippen LogP contribution in [0.2, 0.25) is 0 Å². The summed E-state index contributed by atoms with van der Waals surface area (Å²) in [5.41, 5.74) is 3.28. The van der Waals surface area contributed by atoms with Gasteiger partial charge in [0.25, 0.3) is 0 Å². The van der Waals surface area contributed by atoms with Crippen molar-refractivity contribution in [3.63, 3.8) is 0 Å². The monoisotopic (exact) mass is 310 g/mol. The van der Waals surface area contributed by atoms with Crippen LogP contribution in [0.25, 0.3) is 11.2 Å². The largest absolute Gasteiger partial charge is 0.310 e. The molecular formula is C16H27ClN4. The smallest absolute Gasteiger partial charge is 0.158 e. The molecule has 2 aromatic heterocycles. The molecule has 118 valence electrons. The minimum absolute atomic E-state index is 0.427. The fraction of sp³-hybridized carbons (Fsp3) is 0.750. The van der Waals surface area contributed by atoms with Crippen LogP contribution in [0.3, 0.4) is 0 Å². The fourth-order valence-corrected chi connectivity index (χ4v) is 3.08. The van der Waals surface area contributed by atoms with Crippen LogP contribution >= 0.6 is 11.6 Å². The second-order valence-electron chi connectivity index (χ2n) is 6.25. The first-order valence-electron chi connectivity index (χ1n) is 7.98. The molecule has 1 unspecified atom stereocenters. The van der Waals surface area contributed by atoms with Gasteiger partial charge in [0.1, 0.15) is 11.3 Å². The first-order chi connectivity index (χ1) is 9.99. The molecule has 0 fully saturated rings. The van der Waals surface area contributed by atoms with E-state index >= 15 is 0 Å². The zero-order chi connectivity index (χ0) is 15.6. The lowest BCUT2D eigenvalue weighted by Crippen LogP contribution is -2.13. The standard InChI is InChI=1S/C16H27ClN4/c1-6-13-15-16(20(5)19-13)21(14(18-15)9-10-17)12(4)8-7-11(2)3/h11-12H,6-10H2,1-5H3. The van der Waals surface area contributed by atoms with Gasteiger partial charge in [0.15, 0.2) is 5.65 Å². The van der Waals surface area contributed by atoms with E-state index in [9.17, 15) is 0 Å². The number of alkyl halides is 1. The molecule has 2 aromatic rings. The van der Waals surface area contributed by atoms with Gasteiger partial charge in [-0.05, 0) is 32.1 Å². The topological polar surface area (TPSA) is 35.6 Å². The molecule has 0 aliphatic heterocycles. The van der Waals surface area contributed by atoms with E-state index < -0.39 is 0 Å². The maximum atomic E-state index is 5.97. The molecule has 0 saturated heterocycles. The summed E-state index contributed by atoms with van der Waals surface area (Å²) in [5, 5.41) is 4.61. The Morgan fingerprint density at radius 1 is 1.19 bits per heavy atom. The van der Waals surface area contributed by atoms with Crippen LogP contribution < -0.4 is 0 Å². The minimum atomic E-state index is 0.427. The predicted octanol–water partition coefficient (Wildman–Crippen LogP) is 4.11. The first kappa shape index (κ1) is 16.3. The van der Waals surface area contributed by atoms with Crippen molar-refractivity contribution in [2.24, 2.45) is 13.0 Å². The third-order valence-electron chi connectivity index (χ3n) is 4.07. The van der Waals surface area contributed by atoms with E-state index in [4.69, 9.17) is 16.6 Å². The van der Waals surface area contributed by atoms with Crippen molar-refractivity contribution in [2.45, 2.75) is 59.4 Å². The van der Waals surface area contributed by atoms with Crippen molar-refractivity contribution in [2.75, 3.05) is 5.88 Å². The molecule has 0 radical (unpaired) electrons. The quantitative estimate of drug-likeness (QED) is 0.721. The Bertz CT molecular complexity index is 597. The summed E-state index contributed by atoms with van der Waals surface area (Å²) < 4.78 is 4.33. The van der Waals surface area contributed by atoms with Crippen LogP contribution in [0.5, 0.6) is 0 Å². The highest BCUT2D eigenvalue weighted by Crippen LogP contribution is 2.27. The molecule has 5 heteroatoms. The number of aryl methyl sites for hydroxylation is 3. The van der Waals surface area contributed by atoms with Gasteiger partial charge in [0.05, 0.1) is 5.69 Å². The molecule has 0 bridgehead atoms. The highest BCUT2D eigenvalue weighted by molar-refractivity contribution is 6.17. The normalized spacial score (nSPS) is 13.5. The van der Waals surface area contributed by atoms with Crippen molar-refractivity contribution < 1.29 is 0 Å². The number of halogens is 1. The Morgan fingerprint density at radius 3 is 2.48 bits per heavy atom. The molecule has 0 amide bonds. The highest BCUT2D eigenvalue weighted by atomic mass is 35.5. The molecule has 2 rings (SSSR count). The maximum Gasteiger partial charge on any atom is 0.158 e. The van der Waals surface area contributed by atoms with Gasteiger partial charge < -0.3 is 4.57 Å². The van der Waals surface area contributed by atoms with Crippen molar-refractivity contribution in [1.29, 1.82) is 0 Å². The van der Waals surface area contributed by atoms with E-state index in [2.05, 4.69) is 37.4 Å². The third kappa shape index (κ3) is 3.25. The Balaban J connectivity index is 2.47. The zero-order valence-corrected chi connectivity index (χ0v) is 14.6. The van der Waals surface area contributed by atoms with Crippen molar-refractivity contribution >= 4 is 22.8 Å². The number of rotatable bonds is 7. The molecule has 0 saturated carbocycles. The van der Waals surface area contributed by atoms with E-state index in [0.29, 0.717) is 11.9 Å². The van der Waals surface area contributed by atoms with Gasteiger partial charge in [0, 0.05) is 25.4 Å². The molecule has 21 heavy (non-hydrogen) atoms. The minimum Gasteiger partial charge on any atom is -0.310 e. The van der Waals surface area contributed by atoms with E-state index in [0.717, 1.165) is 47.9 Å². The summed E-state index contributed by atoms with van der Waals surface area (Å²) in [7, 11) is 2.01. The van der Waals surface area contributed by atoms with Gasteiger partial charge in [-0.25, -0.2) is 4.98 Å². The van der Waals surface area contributed by atoms with Gasteiger partial charge in [0.2, 0.25) is 0 Å². The summed E-state index contributed by atoms with van der Waals surface area (Å²) >= 11 is 5.97. The van der Waals surface area contributed by atoms with E-state index in [1.807, 2.05) is 11.7 Å². The summed E-state index contributed by atoms with van der Waals surface area (Å²) in [6, 6.07) is 0.427. The predicted molar refractivity (Wildman–Crippen MR) is 89.1 cm³/mol. The van der Waals surface area contributed by atoms with Gasteiger partial charge in [-0.3, -0.25) is 4.68 Å². The highest BCUT2D eigenvalue weighted by Gasteiger charge is 2.21. The van der Waals surface area contributed by atoms with E-state index in [1.54, 1.807) is 0 Å². The lowest BCUT2D eigenvalue weighted by atomic mass is 10.0. The number of aromatic nitrogens is 4. The number of fused-ring (bicyclic) bond motifs is 1. The lowest BCUT2D eigenvalue weighted by molar-refractivity contribution is 0.433. The average molecular weight is 311 g/mol. The molecule has 0 aliphatic rings. The SMILES string of the molecule is CCc1nn(C)c2c1nc(CCCl)n2C(C)CCC(C)C. The number of hydrogen-bond acceptors (Lipinski definition) is 2. The Hall–Kier alpha value is -1.03. The second-order valence-corrected chi connectivity index (χ2v) is 6.63. The Labute approximate surface area is 132 Å². The summed E-state index contributed by atoms with van der Waals surface area (Å²) in [6.45, 7) is 8.95. The van der Waals surface area contributed by atoms with Crippen LogP contribution in [0, 0.1) is 5.92 Å². The van der Waals surface area contributed by atoms with Gasteiger partial charge in [-0.15, -0.1) is 11.6 Å². The van der Waals surface area contributed by atoms with Crippen molar-refractivity contribution in [3.8, 4) is 0 Å². The first-order valence-corrected chi connectivity index (χ1v) is 8.51. The van der Waals surface area contributed by atoms with Crippen LogP contribution in [0.4, 0.5) is 0 Å². The summed E-state index contributed by atoms with van der Waals surface area (Å²) in [4.78, 5) is 4.84. The van der Waals surface area contributed by atoms with Crippen LogP contribution in [0.15, 0.2) is 0 Å². The summed E-state index contributed by atoms with van der Waals surface area (Å²) in [6.07, 6.45) is 4.10. The summed E-state index contributed by atoms with van der Waals surface area (Å²) in [5.74, 6) is 2.43. The Morgan fingerprint density at radius 2 is 1.90 bits per heavy atom. The lowest BCUT2D eigenvalue weighted by Gasteiger charge is -2.18. The number of hydrogen-bond donors (Lipinski definition) is 0. The molecule has 0 spiro atoms. The van der Waals surface area contributed by atoms with E-state index in [-0.39, 0.29) is 0 Å². The molecule has 2 heterocycles. The van der Waals surface area contributed by atoms with Gasteiger partial charge in [-0.2, -0.15) is 5.10 Å². The molecular weight excluding hydrogens is 284 g/mol. The number of imidazole rings is 1. The van der Waals surface area contributed by atoms with Crippen molar-refractivity contribution in [1.82, 2.24) is 19.3 Å². The maximum absolute atomic E-state index is 5.97.